The second-order valence-corrected chi connectivity index (χ2v) is 12.3. The molecule has 38 heavy (non-hydrogen) atoms. The first-order chi connectivity index (χ1) is 18.6. The van der Waals surface area contributed by atoms with E-state index in [9.17, 15) is 4.39 Å². The van der Waals surface area contributed by atoms with Gasteiger partial charge in [0.25, 0.3) is 0 Å². The van der Waals surface area contributed by atoms with Crippen LogP contribution in [0.5, 0.6) is 0 Å². The Hall–Kier alpha value is -1.74. The molecule has 0 saturated heterocycles. The number of methoxy groups -OCH3 is 1. The topological polar surface area (TPSA) is 9.23 Å². The van der Waals surface area contributed by atoms with Crippen LogP contribution in [-0.2, 0) is 11.2 Å². The normalized spacial score (nSPS) is 24.0. The van der Waals surface area contributed by atoms with E-state index in [0.717, 1.165) is 42.8 Å². The molecule has 2 aliphatic carbocycles. The highest BCUT2D eigenvalue weighted by molar-refractivity contribution is 5.65. The van der Waals surface area contributed by atoms with Gasteiger partial charge in [0.05, 0.1) is 0 Å². The van der Waals surface area contributed by atoms with Crippen molar-refractivity contribution < 1.29 is 13.5 Å². The minimum absolute atomic E-state index is 0.380. The highest BCUT2D eigenvalue weighted by Crippen LogP contribution is 2.39. The first-order valence-electron chi connectivity index (χ1n) is 15.6. The second kappa shape index (κ2) is 15.2. The first kappa shape index (κ1) is 29.2. The summed E-state index contributed by atoms with van der Waals surface area (Å²) in [4.78, 5) is 0. The van der Waals surface area contributed by atoms with Crippen molar-refractivity contribution in [1.82, 2.24) is 0 Å². The molecular weight excluding hydrogens is 474 g/mol. The van der Waals surface area contributed by atoms with Gasteiger partial charge in [0.2, 0.25) is 0 Å². The number of halogens is 2. The quantitative estimate of drug-likeness (QED) is 0.237. The molecule has 0 N–H and O–H groups in total. The zero-order chi connectivity index (χ0) is 26.7. The number of benzene rings is 2. The fourth-order valence-electron chi connectivity index (χ4n) is 7.08. The molecule has 210 valence electrons. The average Bonchev–Trinajstić information content (AvgIpc) is 2.95. The third kappa shape index (κ3) is 8.13. The largest absolute Gasteiger partial charge is 0.384 e. The van der Waals surface area contributed by atoms with Gasteiger partial charge in [0, 0.05) is 19.3 Å². The van der Waals surface area contributed by atoms with E-state index in [1.165, 1.54) is 89.0 Å². The smallest absolute Gasteiger partial charge is 0.166 e. The van der Waals surface area contributed by atoms with Crippen LogP contribution in [-0.4, -0.2) is 13.7 Å². The lowest BCUT2D eigenvalue weighted by atomic mass is 9.77. The van der Waals surface area contributed by atoms with Crippen LogP contribution in [0.15, 0.2) is 36.4 Å². The zero-order valence-corrected chi connectivity index (χ0v) is 24.0. The second-order valence-electron chi connectivity index (χ2n) is 12.3. The van der Waals surface area contributed by atoms with E-state index >= 15 is 4.39 Å². The lowest BCUT2D eigenvalue weighted by Gasteiger charge is -2.29. The molecule has 0 amide bonds. The lowest BCUT2D eigenvalue weighted by molar-refractivity contribution is 0.117. The van der Waals surface area contributed by atoms with Gasteiger partial charge in [-0.1, -0.05) is 94.7 Å². The standard InChI is InChI=1S/C35H50F2O/c1-3-4-5-8-27-15-17-29(18-16-27)30-19-21-31(22-20-30)33-24-23-32(34(36)35(33)37)10-7-6-9-26-11-13-28(14-12-26)25-38-2/h19-24,26-29H,3-18,25H2,1-2H3. The van der Waals surface area contributed by atoms with Crippen molar-refractivity contribution in [3.05, 3.63) is 59.2 Å². The summed E-state index contributed by atoms with van der Waals surface area (Å²) in [6.45, 7) is 3.16. The van der Waals surface area contributed by atoms with Gasteiger partial charge in [0.15, 0.2) is 11.6 Å². The number of hydrogen-bond acceptors (Lipinski definition) is 1. The van der Waals surface area contributed by atoms with Crippen molar-refractivity contribution in [3.8, 4) is 11.1 Å². The first-order valence-corrected chi connectivity index (χ1v) is 15.6. The molecule has 0 atom stereocenters. The number of rotatable bonds is 13. The van der Waals surface area contributed by atoms with Crippen LogP contribution in [0.3, 0.4) is 0 Å². The third-order valence-electron chi connectivity index (χ3n) is 9.60. The van der Waals surface area contributed by atoms with Crippen molar-refractivity contribution in [3.63, 3.8) is 0 Å². The number of aryl methyl sites for hydroxylation is 1. The van der Waals surface area contributed by atoms with Crippen molar-refractivity contribution in [1.29, 1.82) is 0 Å². The van der Waals surface area contributed by atoms with E-state index in [2.05, 4.69) is 19.1 Å². The Morgan fingerprint density at radius 3 is 1.92 bits per heavy atom. The van der Waals surface area contributed by atoms with Crippen LogP contribution in [0, 0.1) is 29.4 Å². The summed E-state index contributed by atoms with van der Waals surface area (Å²) in [6.07, 6.45) is 19.5. The Kier molecular flexibility index (Phi) is 11.7. The van der Waals surface area contributed by atoms with Crippen molar-refractivity contribution in [2.75, 3.05) is 13.7 Å². The monoisotopic (exact) mass is 524 g/mol. The highest BCUT2D eigenvalue weighted by Gasteiger charge is 2.23. The summed E-state index contributed by atoms with van der Waals surface area (Å²) < 4.78 is 35.4. The number of unbranched alkanes of at least 4 members (excludes halogenated alkanes) is 3. The predicted molar refractivity (Wildman–Crippen MR) is 156 cm³/mol. The van der Waals surface area contributed by atoms with Crippen molar-refractivity contribution in [2.24, 2.45) is 17.8 Å². The number of hydrogen-bond donors (Lipinski definition) is 0. The minimum Gasteiger partial charge on any atom is -0.384 e. The fraction of sp³-hybridized carbons (Fsp3) is 0.657. The van der Waals surface area contributed by atoms with E-state index in [4.69, 9.17) is 4.74 Å². The predicted octanol–water partition coefficient (Wildman–Crippen LogP) is 10.7. The fourth-order valence-corrected chi connectivity index (χ4v) is 7.08. The maximum absolute atomic E-state index is 15.1. The lowest BCUT2D eigenvalue weighted by Crippen LogP contribution is -2.18. The molecule has 2 aromatic carbocycles. The molecule has 2 aromatic rings. The molecule has 0 bridgehead atoms. The van der Waals surface area contributed by atoms with Gasteiger partial charge in [-0.05, 0) is 91.7 Å². The molecule has 0 aliphatic heterocycles. The molecule has 0 heterocycles. The Morgan fingerprint density at radius 2 is 1.29 bits per heavy atom. The minimum atomic E-state index is -0.695. The van der Waals surface area contributed by atoms with E-state index in [1.807, 2.05) is 12.1 Å². The van der Waals surface area contributed by atoms with Gasteiger partial charge in [-0.2, -0.15) is 0 Å². The third-order valence-corrected chi connectivity index (χ3v) is 9.60. The van der Waals surface area contributed by atoms with Crippen LogP contribution in [0.2, 0.25) is 0 Å². The summed E-state index contributed by atoms with van der Waals surface area (Å²) in [7, 11) is 1.79. The molecule has 0 unspecified atom stereocenters. The zero-order valence-electron chi connectivity index (χ0n) is 24.0. The van der Waals surface area contributed by atoms with Crippen LogP contribution in [0.4, 0.5) is 8.78 Å². The molecule has 4 rings (SSSR count). The maximum Gasteiger partial charge on any atom is 0.166 e. The summed E-state index contributed by atoms with van der Waals surface area (Å²) in [6, 6.07) is 11.8. The summed E-state index contributed by atoms with van der Waals surface area (Å²) >= 11 is 0. The van der Waals surface area contributed by atoms with Gasteiger partial charge in [-0.3, -0.25) is 0 Å². The summed E-state index contributed by atoms with van der Waals surface area (Å²) in [5.74, 6) is 1.66. The molecule has 2 aliphatic rings. The van der Waals surface area contributed by atoms with Crippen LogP contribution in [0.1, 0.15) is 120 Å². The van der Waals surface area contributed by atoms with Gasteiger partial charge in [-0.25, -0.2) is 8.78 Å². The van der Waals surface area contributed by atoms with E-state index in [0.29, 0.717) is 23.5 Å². The molecule has 2 fully saturated rings. The maximum atomic E-state index is 15.1. The van der Waals surface area contributed by atoms with Gasteiger partial charge >= 0.3 is 0 Å². The van der Waals surface area contributed by atoms with Crippen molar-refractivity contribution >= 4 is 0 Å². The average molecular weight is 525 g/mol. The summed E-state index contributed by atoms with van der Waals surface area (Å²) in [5.41, 5.74) is 3.02. The molecule has 2 saturated carbocycles. The van der Waals surface area contributed by atoms with Crippen LogP contribution < -0.4 is 0 Å². The Morgan fingerprint density at radius 1 is 0.684 bits per heavy atom. The van der Waals surface area contributed by atoms with Crippen LogP contribution in [0.25, 0.3) is 11.1 Å². The van der Waals surface area contributed by atoms with E-state index in [1.54, 1.807) is 19.2 Å². The molecular formula is C35H50F2O. The Labute approximate surface area is 230 Å². The highest BCUT2D eigenvalue weighted by atomic mass is 19.2. The molecule has 0 radical (unpaired) electrons. The van der Waals surface area contributed by atoms with E-state index in [-0.39, 0.29) is 0 Å². The Bertz CT molecular complexity index is 953. The van der Waals surface area contributed by atoms with Gasteiger partial charge in [-0.15, -0.1) is 0 Å². The van der Waals surface area contributed by atoms with Crippen LogP contribution >= 0.6 is 0 Å². The molecule has 0 spiro atoms. The molecule has 1 nitrogen and oxygen atoms in total. The van der Waals surface area contributed by atoms with E-state index < -0.39 is 11.6 Å². The Balaban J connectivity index is 1.24. The molecule has 0 aromatic heterocycles. The van der Waals surface area contributed by atoms with Gasteiger partial charge < -0.3 is 4.74 Å². The van der Waals surface area contributed by atoms with Crippen molar-refractivity contribution in [2.45, 2.75) is 116 Å². The van der Waals surface area contributed by atoms with Gasteiger partial charge in [0.1, 0.15) is 0 Å². The molecule has 3 heteroatoms. The SMILES string of the molecule is CCCCCC1CCC(c2ccc(-c3ccc(CCCCC4CCC(COC)CC4)c(F)c3F)cc2)CC1. The summed E-state index contributed by atoms with van der Waals surface area (Å²) in [5, 5.41) is 0. The number of ether oxygens (including phenoxy) is 1.